The van der Waals surface area contributed by atoms with Gasteiger partial charge in [0.25, 0.3) is 0 Å². The molecule has 0 bridgehead atoms. The topological polar surface area (TPSA) is 39.9 Å². The maximum atomic E-state index is 5.96. The molecule has 0 unspecified atom stereocenters. The van der Waals surface area contributed by atoms with Crippen LogP contribution in [0.4, 0.5) is 0 Å². The van der Waals surface area contributed by atoms with E-state index in [4.69, 9.17) is 16.3 Å². The van der Waals surface area contributed by atoms with Gasteiger partial charge in [0.15, 0.2) is 0 Å². The fraction of sp³-hybridized carbons (Fsp3) is 0.273. The second kappa shape index (κ2) is 5.51. The summed E-state index contributed by atoms with van der Waals surface area (Å²) in [5, 5.41) is 9.58. The first-order valence-electron chi connectivity index (χ1n) is 5.05. The minimum atomic E-state index is 0.581. The highest BCUT2D eigenvalue weighted by molar-refractivity contribution is 9.09. The Morgan fingerprint density at radius 2 is 2.29 bits per heavy atom. The summed E-state index contributed by atoms with van der Waals surface area (Å²) < 4.78 is 6.87. The van der Waals surface area contributed by atoms with E-state index in [1.807, 2.05) is 18.3 Å². The largest absolute Gasteiger partial charge is 0.495 e. The zero-order valence-electron chi connectivity index (χ0n) is 9.23. The summed E-state index contributed by atoms with van der Waals surface area (Å²) in [7, 11) is 1.59. The average Bonchev–Trinajstić information content (AvgIpc) is 2.79. The standard InChI is InChI=1S/C11H11BrClN3O/c1-17-11-6-9(2-3-10(11)13)16-7-8(4-5-12)14-15-16/h2-3,6-7H,4-5H2,1H3. The number of rotatable bonds is 4. The number of aromatic nitrogens is 3. The highest BCUT2D eigenvalue weighted by Crippen LogP contribution is 2.26. The maximum Gasteiger partial charge on any atom is 0.139 e. The van der Waals surface area contributed by atoms with E-state index in [2.05, 4.69) is 26.2 Å². The lowest BCUT2D eigenvalue weighted by molar-refractivity contribution is 0.414. The summed E-state index contributed by atoms with van der Waals surface area (Å²) in [5.74, 6) is 0.627. The lowest BCUT2D eigenvalue weighted by Crippen LogP contribution is -1.96. The molecule has 0 radical (unpaired) electrons. The third kappa shape index (κ3) is 2.79. The monoisotopic (exact) mass is 315 g/mol. The molecule has 90 valence electrons. The van der Waals surface area contributed by atoms with Crippen molar-refractivity contribution in [1.29, 1.82) is 0 Å². The molecular weight excluding hydrogens is 305 g/mol. The Labute approximate surface area is 113 Å². The molecule has 0 atom stereocenters. The molecule has 0 N–H and O–H groups in total. The molecular formula is C11H11BrClN3O. The third-order valence-corrected chi connectivity index (χ3v) is 3.00. The lowest BCUT2D eigenvalue weighted by atomic mass is 10.3. The number of aryl methyl sites for hydroxylation is 1. The van der Waals surface area contributed by atoms with E-state index in [0.717, 1.165) is 23.1 Å². The Balaban J connectivity index is 2.32. The predicted octanol–water partition coefficient (Wildman–Crippen LogP) is 2.87. The highest BCUT2D eigenvalue weighted by Gasteiger charge is 2.06. The highest BCUT2D eigenvalue weighted by atomic mass is 79.9. The van der Waals surface area contributed by atoms with Crippen LogP contribution >= 0.6 is 27.5 Å². The summed E-state index contributed by atoms with van der Waals surface area (Å²) in [5.41, 5.74) is 1.82. The predicted molar refractivity (Wildman–Crippen MR) is 70.4 cm³/mol. The molecule has 17 heavy (non-hydrogen) atoms. The molecule has 1 heterocycles. The first-order chi connectivity index (χ1) is 8.24. The van der Waals surface area contributed by atoms with Gasteiger partial charge in [-0.15, -0.1) is 5.10 Å². The van der Waals surface area contributed by atoms with Gasteiger partial charge in [-0.3, -0.25) is 0 Å². The number of methoxy groups -OCH3 is 1. The third-order valence-electron chi connectivity index (χ3n) is 2.29. The molecule has 2 rings (SSSR count). The average molecular weight is 317 g/mol. The summed E-state index contributed by atoms with van der Waals surface area (Å²) in [6.07, 6.45) is 2.74. The van der Waals surface area contributed by atoms with E-state index >= 15 is 0 Å². The number of halogens is 2. The van der Waals surface area contributed by atoms with Gasteiger partial charge < -0.3 is 4.74 Å². The van der Waals surface area contributed by atoms with E-state index in [-0.39, 0.29) is 0 Å². The lowest BCUT2D eigenvalue weighted by Gasteiger charge is -2.05. The Bertz CT molecular complexity index is 515. The molecule has 0 saturated heterocycles. The minimum absolute atomic E-state index is 0.581. The van der Waals surface area contributed by atoms with Crippen LogP contribution in [0.5, 0.6) is 5.75 Å². The van der Waals surface area contributed by atoms with Gasteiger partial charge in [-0.2, -0.15) is 0 Å². The number of nitrogens with zero attached hydrogens (tertiary/aromatic N) is 3. The SMILES string of the molecule is COc1cc(-n2cc(CCBr)nn2)ccc1Cl. The van der Waals surface area contributed by atoms with Gasteiger partial charge in [0, 0.05) is 17.8 Å². The van der Waals surface area contributed by atoms with Crippen molar-refractivity contribution in [1.82, 2.24) is 15.0 Å². The van der Waals surface area contributed by atoms with Crippen LogP contribution in [0.25, 0.3) is 5.69 Å². The van der Waals surface area contributed by atoms with Crippen LogP contribution in [0.2, 0.25) is 5.02 Å². The van der Waals surface area contributed by atoms with Gasteiger partial charge in [0.2, 0.25) is 0 Å². The van der Waals surface area contributed by atoms with Gasteiger partial charge in [0.05, 0.1) is 29.7 Å². The Morgan fingerprint density at radius 1 is 1.47 bits per heavy atom. The molecule has 0 saturated carbocycles. The molecule has 2 aromatic rings. The van der Waals surface area contributed by atoms with Crippen molar-refractivity contribution in [3.8, 4) is 11.4 Å². The minimum Gasteiger partial charge on any atom is -0.495 e. The number of hydrogen-bond donors (Lipinski definition) is 0. The van der Waals surface area contributed by atoms with Crippen molar-refractivity contribution in [2.75, 3.05) is 12.4 Å². The zero-order chi connectivity index (χ0) is 12.3. The smallest absolute Gasteiger partial charge is 0.139 e. The molecule has 0 amide bonds. The number of hydrogen-bond acceptors (Lipinski definition) is 3. The van der Waals surface area contributed by atoms with Gasteiger partial charge in [-0.25, -0.2) is 4.68 Å². The van der Waals surface area contributed by atoms with Gasteiger partial charge in [0.1, 0.15) is 5.75 Å². The van der Waals surface area contributed by atoms with Crippen LogP contribution in [0.3, 0.4) is 0 Å². The van der Waals surface area contributed by atoms with Crippen molar-refractivity contribution in [3.05, 3.63) is 35.1 Å². The summed E-state index contributed by atoms with van der Waals surface area (Å²) in [4.78, 5) is 0. The summed E-state index contributed by atoms with van der Waals surface area (Å²) >= 11 is 9.33. The molecule has 6 heteroatoms. The second-order valence-corrected chi connectivity index (χ2v) is 4.61. The quantitative estimate of drug-likeness (QED) is 0.814. The number of benzene rings is 1. The van der Waals surface area contributed by atoms with E-state index in [9.17, 15) is 0 Å². The van der Waals surface area contributed by atoms with Gasteiger partial charge >= 0.3 is 0 Å². The van der Waals surface area contributed by atoms with Crippen molar-refractivity contribution in [2.45, 2.75) is 6.42 Å². The molecule has 0 aliphatic carbocycles. The Kier molecular flexibility index (Phi) is 4.02. The van der Waals surface area contributed by atoms with Crippen molar-refractivity contribution in [3.63, 3.8) is 0 Å². The van der Waals surface area contributed by atoms with Crippen LogP contribution in [0, 0.1) is 0 Å². The van der Waals surface area contributed by atoms with E-state index in [0.29, 0.717) is 10.8 Å². The van der Waals surface area contributed by atoms with Crippen LogP contribution in [-0.2, 0) is 6.42 Å². The molecule has 0 aliphatic heterocycles. The Morgan fingerprint density at radius 3 is 3.00 bits per heavy atom. The Hall–Kier alpha value is -1.07. The number of ether oxygens (including phenoxy) is 1. The van der Waals surface area contributed by atoms with Crippen molar-refractivity contribution >= 4 is 27.5 Å². The van der Waals surface area contributed by atoms with Crippen LogP contribution in [0.1, 0.15) is 5.69 Å². The normalized spacial score (nSPS) is 10.5. The molecule has 0 spiro atoms. The van der Waals surface area contributed by atoms with Crippen molar-refractivity contribution in [2.24, 2.45) is 0 Å². The molecule has 1 aromatic heterocycles. The maximum absolute atomic E-state index is 5.96. The molecule has 0 aliphatic rings. The first kappa shape index (κ1) is 12.4. The fourth-order valence-corrected chi connectivity index (χ4v) is 2.03. The van der Waals surface area contributed by atoms with Gasteiger partial charge in [-0.1, -0.05) is 32.7 Å². The zero-order valence-corrected chi connectivity index (χ0v) is 11.6. The second-order valence-electron chi connectivity index (χ2n) is 3.41. The molecule has 1 aromatic carbocycles. The summed E-state index contributed by atoms with van der Waals surface area (Å²) in [6, 6.07) is 5.48. The van der Waals surface area contributed by atoms with Crippen LogP contribution in [-0.4, -0.2) is 27.4 Å². The van der Waals surface area contributed by atoms with Crippen LogP contribution in [0.15, 0.2) is 24.4 Å². The van der Waals surface area contributed by atoms with E-state index in [1.54, 1.807) is 17.9 Å². The first-order valence-corrected chi connectivity index (χ1v) is 6.55. The van der Waals surface area contributed by atoms with E-state index < -0.39 is 0 Å². The van der Waals surface area contributed by atoms with E-state index in [1.165, 1.54) is 0 Å². The fourth-order valence-electron chi connectivity index (χ4n) is 1.43. The van der Waals surface area contributed by atoms with Gasteiger partial charge in [-0.05, 0) is 12.1 Å². The number of alkyl halides is 1. The van der Waals surface area contributed by atoms with Crippen molar-refractivity contribution < 1.29 is 4.74 Å². The summed E-state index contributed by atoms with van der Waals surface area (Å²) in [6.45, 7) is 0. The molecule has 0 fully saturated rings. The molecule has 4 nitrogen and oxygen atoms in total. The van der Waals surface area contributed by atoms with Crippen LogP contribution < -0.4 is 4.74 Å².